The second-order valence-electron chi connectivity index (χ2n) is 4.14. The smallest absolute Gasteiger partial charge is 0.198 e. The van der Waals surface area contributed by atoms with Crippen molar-refractivity contribution in [3.63, 3.8) is 0 Å². The van der Waals surface area contributed by atoms with E-state index in [4.69, 9.17) is 17.3 Å². The Morgan fingerprint density at radius 1 is 1.11 bits per heavy atom. The molecule has 0 bridgehead atoms. The van der Waals surface area contributed by atoms with Crippen molar-refractivity contribution in [2.45, 2.75) is 6.92 Å². The molecule has 0 aliphatic heterocycles. The van der Waals surface area contributed by atoms with Crippen molar-refractivity contribution >= 4 is 23.1 Å². The van der Waals surface area contributed by atoms with Crippen LogP contribution in [0.4, 0.5) is 14.5 Å². The van der Waals surface area contributed by atoms with Gasteiger partial charge in [-0.15, -0.1) is 0 Å². The molecule has 0 saturated carbocycles. The van der Waals surface area contributed by atoms with E-state index < -0.39 is 17.4 Å². The van der Waals surface area contributed by atoms with Crippen LogP contribution in [0.3, 0.4) is 0 Å². The molecule has 2 aromatic carbocycles. The summed E-state index contributed by atoms with van der Waals surface area (Å²) in [6, 6.07) is 6.16. The summed E-state index contributed by atoms with van der Waals surface area (Å²) in [6.07, 6.45) is 0. The molecule has 0 aromatic heterocycles. The number of carbonyl (C=O) groups is 1. The van der Waals surface area contributed by atoms with Gasteiger partial charge in [0.15, 0.2) is 5.78 Å². The zero-order valence-corrected chi connectivity index (χ0v) is 10.8. The molecule has 0 aliphatic rings. The van der Waals surface area contributed by atoms with Crippen molar-refractivity contribution in [3.05, 3.63) is 63.7 Å². The Balaban J connectivity index is 2.53. The van der Waals surface area contributed by atoms with E-state index in [9.17, 15) is 13.6 Å². The molecular formula is C14H10ClF2NO. The summed E-state index contributed by atoms with van der Waals surface area (Å²) in [5.41, 5.74) is 5.94. The summed E-state index contributed by atoms with van der Waals surface area (Å²) in [4.78, 5) is 12.2. The second-order valence-corrected chi connectivity index (χ2v) is 4.58. The van der Waals surface area contributed by atoms with Gasteiger partial charge in [-0.1, -0.05) is 11.6 Å². The standard InChI is InChI=1S/C14H10ClF2NO/c1-7-4-10(12(17)6-11(7)16)14(19)9-3-2-8(15)5-13(9)18/h2-6H,18H2,1H3. The maximum absolute atomic E-state index is 13.6. The van der Waals surface area contributed by atoms with Crippen molar-refractivity contribution in [2.24, 2.45) is 0 Å². The van der Waals surface area contributed by atoms with Gasteiger partial charge in [0.2, 0.25) is 0 Å². The van der Waals surface area contributed by atoms with E-state index in [2.05, 4.69) is 0 Å². The Kier molecular flexibility index (Phi) is 3.53. The first-order valence-electron chi connectivity index (χ1n) is 5.45. The minimum absolute atomic E-state index is 0.134. The molecule has 5 heteroatoms. The topological polar surface area (TPSA) is 43.1 Å². The molecule has 0 fully saturated rings. The number of rotatable bonds is 2. The highest BCUT2D eigenvalue weighted by atomic mass is 35.5. The normalized spacial score (nSPS) is 10.5. The predicted molar refractivity (Wildman–Crippen MR) is 70.4 cm³/mol. The van der Waals surface area contributed by atoms with E-state index in [1.54, 1.807) is 0 Å². The molecule has 0 atom stereocenters. The van der Waals surface area contributed by atoms with Gasteiger partial charge in [-0.3, -0.25) is 4.79 Å². The van der Waals surface area contributed by atoms with Gasteiger partial charge in [0.1, 0.15) is 11.6 Å². The fraction of sp³-hybridized carbons (Fsp3) is 0.0714. The zero-order valence-electron chi connectivity index (χ0n) is 10.0. The third kappa shape index (κ3) is 2.58. The first-order valence-corrected chi connectivity index (χ1v) is 5.83. The lowest BCUT2D eigenvalue weighted by atomic mass is 9.99. The Morgan fingerprint density at radius 2 is 1.79 bits per heavy atom. The van der Waals surface area contributed by atoms with Crippen LogP contribution in [0.15, 0.2) is 30.3 Å². The third-order valence-electron chi connectivity index (χ3n) is 2.75. The first-order chi connectivity index (χ1) is 8.90. The number of anilines is 1. The molecule has 2 aromatic rings. The molecule has 0 unspecified atom stereocenters. The van der Waals surface area contributed by atoms with Crippen molar-refractivity contribution in [1.29, 1.82) is 0 Å². The largest absolute Gasteiger partial charge is 0.398 e. The van der Waals surface area contributed by atoms with Crippen LogP contribution in [0.5, 0.6) is 0 Å². The van der Waals surface area contributed by atoms with Gasteiger partial charge in [0.05, 0.1) is 5.56 Å². The van der Waals surface area contributed by atoms with Gasteiger partial charge in [-0.25, -0.2) is 8.78 Å². The van der Waals surface area contributed by atoms with E-state index in [-0.39, 0.29) is 22.4 Å². The molecule has 2 nitrogen and oxygen atoms in total. The third-order valence-corrected chi connectivity index (χ3v) is 2.99. The van der Waals surface area contributed by atoms with Crippen LogP contribution >= 0.6 is 11.6 Å². The molecule has 19 heavy (non-hydrogen) atoms. The number of hydrogen-bond donors (Lipinski definition) is 1. The van der Waals surface area contributed by atoms with Crippen LogP contribution in [-0.2, 0) is 0 Å². The predicted octanol–water partition coefficient (Wildman–Crippen LogP) is 3.74. The average molecular weight is 282 g/mol. The second kappa shape index (κ2) is 4.97. The Morgan fingerprint density at radius 3 is 2.42 bits per heavy atom. The van der Waals surface area contributed by atoms with Gasteiger partial charge in [0, 0.05) is 22.3 Å². The van der Waals surface area contributed by atoms with Crippen molar-refractivity contribution < 1.29 is 13.6 Å². The van der Waals surface area contributed by atoms with Crippen molar-refractivity contribution in [2.75, 3.05) is 5.73 Å². The molecule has 2 N–H and O–H groups in total. The van der Waals surface area contributed by atoms with E-state index in [1.807, 2.05) is 0 Å². The van der Waals surface area contributed by atoms with Gasteiger partial charge >= 0.3 is 0 Å². The summed E-state index contributed by atoms with van der Waals surface area (Å²) in [7, 11) is 0. The SMILES string of the molecule is Cc1cc(C(=O)c2ccc(Cl)cc2N)c(F)cc1F. The highest BCUT2D eigenvalue weighted by Crippen LogP contribution is 2.23. The van der Waals surface area contributed by atoms with Crippen molar-refractivity contribution in [1.82, 2.24) is 0 Å². The Bertz CT molecular complexity index is 671. The van der Waals surface area contributed by atoms with Crippen LogP contribution in [0.2, 0.25) is 5.02 Å². The quantitative estimate of drug-likeness (QED) is 0.673. The highest BCUT2D eigenvalue weighted by Gasteiger charge is 2.18. The maximum atomic E-state index is 13.6. The number of nitrogens with two attached hydrogens (primary N) is 1. The number of hydrogen-bond acceptors (Lipinski definition) is 2. The van der Waals surface area contributed by atoms with E-state index in [1.165, 1.54) is 31.2 Å². The zero-order chi connectivity index (χ0) is 14.2. The fourth-order valence-electron chi connectivity index (χ4n) is 1.72. The number of benzene rings is 2. The lowest BCUT2D eigenvalue weighted by Gasteiger charge is -2.07. The molecule has 0 amide bonds. The molecule has 2 rings (SSSR count). The van der Waals surface area contributed by atoms with Gasteiger partial charge in [0.25, 0.3) is 0 Å². The Hall–Kier alpha value is -1.94. The van der Waals surface area contributed by atoms with Crippen LogP contribution < -0.4 is 5.73 Å². The molecule has 0 heterocycles. The molecule has 0 aliphatic carbocycles. The first kappa shape index (κ1) is 13.5. The molecule has 0 spiro atoms. The van der Waals surface area contributed by atoms with E-state index in [0.717, 1.165) is 0 Å². The number of nitrogen functional groups attached to an aromatic ring is 1. The fourth-order valence-corrected chi connectivity index (χ4v) is 1.90. The Labute approximate surface area is 113 Å². The van der Waals surface area contributed by atoms with E-state index >= 15 is 0 Å². The molecule has 0 radical (unpaired) electrons. The molecule has 0 saturated heterocycles. The number of carbonyl (C=O) groups excluding carboxylic acids is 1. The summed E-state index contributed by atoms with van der Waals surface area (Å²) < 4.78 is 26.8. The summed E-state index contributed by atoms with van der Waals surface area (Å²) in [5.74, 6) is -2.21. The average Bonchev–Trinajstić information content (AvgIpc) is 2.33. The molecule has 98 valence electrons. The van der Waals surface area contributed by atoms with E-state index in [0.29, 0.717) is 11.1 Å². The van der Waals surface area contributed by atoms with Gasteiger partial charge in [-0.2, -0.15) is 0 Å². The summed E-state index contributed by atoms with van der Waals surface area (Å²) in [5, 5.41) is 0.379. The lowest BCUT2D eigenvalue weighted by molar-refractivity contribution is 0.103. The van der Waals surface area contributed by atoms with Crippen LogP contribution in [0.1, 0.15) is 21.5 Å². The highest BCUT2D eigenvalue weighted by molar-refractivity contribution is 6.31. The monoisotopic (exact) mass is 281 g/mol. The molecular weight excluding hydrogens is 272 g/mol. The summed E-state index contributed by atoms with van der Waals surface area (Å²) in [6.45, 7) is 1.46. The minimum atomic E-state index is -0.914. The van der Waals surface area contributed by atoms with Crippen LogP contribution in [-0.4, -0.2) is 5.78 Å². The minimum Gasteiger partial charge on any atom is -0.398 e. The van der Waals surface area contributed by atoms with Crippen molar-refractivity contribution in [3.8, 4) is 0 Å². The summed E-state index contributed by atoms with van der Waals surface area (Å²) >= 11 is 5.73. The van der Waals surface area contributed by atoms with Crippen LogP contribution in [0.25, 0.3) is 0 Å². The lowest BCUT2D eigenvalue weighted by Crippen LogP contribution is -2.08. The number of halogens is 3. The number of ketones is 1. The number of aryl methyl sites for hydroxylation is 1. The maximum Gasteiger partial charge on any atom is 0.198 e. The van der Waals surface area contributed by atoms with Gasteiger partial charge in [-0.05, 0) is 36.8 Å². The van der Waals surface area contributed by atoms with Crippen LogP contribution in [0, 0.1) is 18.6 Å². The van der Waals surface area contributed by atoms with Gasteiger partial charge < -0.3 is 5.73 Å².